The molecule has 1 aromatic rings. The quantitative estimate of drug-likeness (QED) is 0.528. The molecule has 14 heavy (non-hydrogen) atoms. The molecule has 1 unspecified atom stereocenters. The highest BCUT2D eigenvalue weighted by Gasteiger charge is 2.06. The van der Waals surface area contributed by atoms with Crippen molar-refractivity contribution in [2.75, 3.05) is 0 Å². The zero-order valence-corrected chi connectivity index (χ0v) is 7.78. The Morgan fingerprint density at radius 1 is 1.86 bits per heavy atom. The summed E-state index contributed by atoms with van der Waals surface area (Å²) in [6.45, 7) is 1.84. The second-order valence-corrected chi connectivity index (χ2v) is 2.48. The van der Waals surface area contributed by atoms with Gasteiger partial charge in [0, 0.05) is 19.4 Å². The first-order valence-electron chi connectivity index (χ1n) is 3.69. The van der Waals surface area contributed by atoms with Crippen LogP contribution in [0.4, 0.5) is 0 Å². The number of nitriles is 1. The highest BCUT2D eigenvalue weighted by Crippen LogP contribution is 2.08. The first-order chi connectivity index (χ1) is 6.49. The molecule has 0 aliphatic heterocycles. The normalized spacial score (nSPS) is 10.6. The van der Waals surface area contributed by atoms with E-state index in [2.05, 4.69) is 11.1 Å². The van der Waals surface area contributed by atoms with Crippen LogP contribution in [-0.2, 0) is 7.05 Å². The van der Waals surface area contributed by atoms with Gasteiger partial charge in [-0.2, -0.15) is 5.26 Å². The molecule has 0 saturated heterocycles. The van der Waals surface area contributed by atoms with Gasteiger partial charge in [0.05, 0.1) is 6.07 Å². The summed E-state index contributed by atoms with van der Waals surface area (Å²) >= 11 is 0. The fraction of sp³-hybridized carbons (Fsp3) is 0.429. The van der Waals surface area contributed by atoms with Crippen LogP contribution >= 0.6 is 0 Å². The van der Waals surface area contributed by atoms with E-state index in [-0.39, 0.29) is 5.92 Å². The molecule has 0 aliphatic rings. The van der Waals surface area contributed by atoms with E-state index in [0.717, 1.165) is 5.82 Å². The summed E-state index contributed by atoms with van der Waals surface area (Å²) in [6.07, 6.45) is 3.53. The maximum atomic E-state index is 8.53. The van der Waals surface area contributed by atoms with Gasteiger partial charge in [-0.1, -0.05) is 0 Å². The lowest BCUT2D eigenvalue weighted by Gasteiger charge is -2.00. The van der Waals surface area contributed by atoms with Gasteiger partial charge in [0.2, 0.25) is 0 Å². The molecule has 76 valence electrons. The molecule has 7 nitrogen and oxygen atoms in total. The lowest BCUT2D eigenvalue weighted by atomic mass is 10.2. The van der Waals surface area contributed by atoms with E-state index in [1.54, 1.807) is 6.20 Å². The molecule has 0 aromatic carbocycles. The SMILES string of the molecule is CC(C#N)c1nccn1C.O=[N+]([O-])O. The number of rotatable bonds is 1. The van der Waals surface area contributed by atoms with E-state index >= 15 is 0 Å². The molecule has 0 fully saturated rings. The summed E-state index contributed by atoms with van der Waals surface area (Å²) in [7, 11) is 1.89. The minimum Gasteiger partial charge on any atom is -0.337 e. The number of nitrogens with zero attached hydrogens (tertiary/aromatic N) is 4. The molecule has 1 rings (SSSR count). The van der Waals surface area contributed by atoms with Crippen molar-refractivity contribution in [2.24, 2.45) is 7.05 Å². The molecule has 0 aliphatic carbocycles. The minimum atomic E-state index is -1.50. The Hall–Kier alpha value is -2.10. The monoisotopic (exact) mass is 198 g/mol. The van der Waals surface area contributed by atoms with Crippen LogP contribution in [0.15, 0.2) is 12.4 Å². The lowest BCUT2D eigenvalue weighted by molar-refractivity contribution is -0.742. The van der Waals surface area contributed by atoms with Crippen molar-refractivity contribution >= 4 is 0 Å². The van der Waals surface area contributed by atoms with E-state index in [9.17, 15) is 0 Å². The van der Waals surface area contributed by atoms with Crippen LogP contribution in [0.3, 0.4) is 0 Å². The predicted octanol–water partition coefficient (Wildman–Crippen LogP) is 0.699. The topological polar surface area (TPSA) is 105 Å². The molecule has 7 heteroatoms. The van der Waals surface area contributed by atoms with Gasteiger partial charge in [-0.3, -0.25) is 0 Å². The smallest absolute Gasteiger partial charge is 0.291 e. The summed E-state index contributed by atoms with van der Waals surface area (Å²) in [6, 6.07) is 2.12. The third-order valence-electron chi connectivity index (χ3n) is 1.44. The van der Waals surface area contributed by atoms with Crippen LogP contribution in [0.1, 0.15) is 18.7 Å². The van der Waals surface area contributed by atoms with Crippen LogP contribution in [0.25, 0.3) is 0 Å². The molecule has 0 amide bonds. The van der Waals surface area contributed by atoms with Gasteiger partial charge in [-0.25, -0.2) is 4.98 Å². The third kappa shape index (κ3) is 4.06. The average molecular weight is 198 g/mol. The van der Waals surface area contributed by atoms with E-state index in [1.165, 1.54) is 0 Å². The summed E-state index contributed by atoms with van der Waals surface area (Å²) in [5.41, 5.74) is 0. The van der Waals surface area contributed by atoms with Crippen LogP contribution < -0.4 is 0 Å². The van der Waals surface area contributed by atoms with Crippen molar-refractivity contribution < 1.29 is 10.3 Å². The van der Waals surface area contributed by atoms with Gasteiger partial charge >= 0.3 is 0 Å². The molecule has 1 N–H and O–H groups in total. The first-order valence-corrected chi connectivity index (χ1v) is 3.69. The largest absolute Gasteiger partial charge is 0.337 e. The van der Waals surface area contributed by atoms with Crippen molar-refractivity contribution in [3.63, 3.8) is 0 Å². The Labute approximate surface area is 80.3 Å². The Morgan fingerprint density at radius 3 is 2.64 bits per heavy atom. The third-order valence-corrected chi connectivity index (χ3v) is 1.44. The highest BCUT2D eigenvalue weighted by molar-refractivity contribution is 5.07. The molecule has 1 aromatic heterocycles. The summed E-state index contributed by atoms with van der Waals surface area (Å²) in [4.78, 5) is 12.4. The molecule has 1 heterocycles. The Kier molecular flexibility index (Phi) is 4.70. The molecular weight excluding hydrogens is 188 g/mol. The van der Waals surface area contributed by atoms with E-state index in [1.807, 2.05) is 24.7 Å². The highest BCUT2D eigenvalue weighted by atomic mass is 16.9. The molecule has 0 radical (unpaired) electrons. The van der Waals surface area contributed by atoms with Crippen molar-refractivity contribution in [1.82, 2.24) is 9.55 Å². The standard InChI is InChI=1S/C7H9N3.HNO3/c1-6(5-8)7-9-3-4-10(7)2;2-1(3)4/h3-4,6H,1-2H3;(H,2,3,4). The van der Waals surface area contributed by atoms with Gasteiger partial charge in [-0.15, -0.1) is 10.1 Å². The molecule has 0 spiro atoms. The Morgan fingerprint density at radius 2 is 2.36 bits per heavy atom. The first kappa shape index (κ1) is 11.9. The molecule has 1 atom stereocenters. The second kappa shape index (κ2) is 5.53. The summed E-state index contributed by atoms with van der Waals surface area (Å²) < 4.78 is 1.86. The number of hydrogen-bond acceptors (Lipinski definition) is 4. The van der Waals surface area contributed by atoms with E-state index in [0.29, 0.717) is 0 Å². The van der Waals surface area contributed by atoms with Gasteiger partial charge < -0.3 is 9.77 Å². The van der Waals surface area contributed by atoms with Gasteiger partial charge in [-0.05, 0) is 6.92 Å². The van der Waals surface area contributed by atoms with Crippen molar-refractivity contribution in [3.8, 4) is 6.07 Å². The van der Waals surface area contributed by atoms with Crippen LogP contribution in [-0.4, -0.2) is 19.8 Å². The predicted molar refractivity (Wildman–Crippen MR) is 46.0 cm³/mol. The van der Waals surface area contributed by atoms with Gasteiger partial charge in [0.15, 0.2) is 0 Å². The number of hydrogen-bond donors (Lipinski definition) is 1. The van der Waals surface area contributed by atoms with Gasteiger partial charge in [0.1, 0.15) is 11.7 Å². The fourth-order valence-electron chi connectivity index (χ4n) is 0.852. The van der Waals surface area contributed by atoms with Crippen LogP contribution in [0, 0.1) is 21.4 Å². The second-order valence-electron chi connectivity index (χ2n) is 2.48. The number of aryl methyl sites for hydroxylation is 1. The fourth-order valence-corrected chi connectivity index (χ4v) is 0.852. The summed E-state index contributed by atoms with van der Waals surface area (Å²) in [5.74, 6) is 0.711. The molecular formula is C7H10N4O3. The Bertz CT molecular complexity index is 337. The maximum Gasteiger partial charge on any atom is 0.291 e. The van der Waals surface area contributed by atoms with Gasteiger partial charge in [0.25, 0.3) is 5.09 Å². The number of imidazole rings is 1. The van der Waals surface area contributed by atoms with Crippen molar-refractivity contribution in [3.05, 3.63) is 28.3 Å². The van der Waals surface area contributed by atoms with Crippen molar-refractivity contribution in [1.29, 1.82) is 5.26 Å². The van der Waals surface area contributed by atoms with Crippen LogP contribution in [0.5, 0.6) is 0 Å². The zero-order valence-electron chi connectivity index (χ0n) is 7.78. The Balaban J connectivity index is 0.000000364. The molecule has 0 bridgehead atoms. The van der Waals surface area contributed by atoms with E-state index in [4.69, 9.17) is 20.6 Å². The van der Waals surface area contributed by atoms with Crippen molar-refractivity contribution in [2.45, 2.75) is 12.8 Å². The minimum absolute atomic E-state index is 0.111. The molecule has 0 saturated carbocycles. The average Bonchev–Trinajstić information content (AvgIpc) is 2.49. The van der Waals surface area contributed by atoms with E-state index < -0.39 is 5.09 Å². The zero-order chi connectivity index (χ0) is 11.1. The van der Waals surface area contributed by atoms with Crippen LogP contribution in [0.2, 0.25) is 0 Å². The summed E-state index contributed by atoms with van der Waals surface area (Å²) in [5, 5.41) is 22.2. The maximum absolute atomic E-state index is 8.53. The number of aromatic nitrogens is 2. The lowest BCUT2D eigenvalue weighted by Crippen LogP contribution is -1.99.